The number of amides is 2. The van der Waals surface area contributed by atoms with Crippen molar-refractivity contribution < 1.29 is 14.3 Å². The Hall–Kier alpha value is -1.95. The molecule has 6 heteroatoms. The Kier molecular flexibility index (Phi) is 4.38. The third kappa shape index (κ3) is 3.62. The number of hydrogen-bond donors (Lipinski definition) is 1. The standard InChI is InChI=1S/C16H21N3O3/c17-15(20)12-5-6-14(18-8-12)16(21)19-7-1-2-13(9-19)22-10-11-3-4-11/h5-6,8,11,13H,1-4,7,9-10H2,(H2,17,20). The predicted octanol–water partition coefficient (Wildman–Crippen LogP) is 1.21. The van der Waals surface area contributed by atoms with Crippen LogP contribution in [0.15, 0.2) is 18.3 Å². The van der Waals surface area contributed by atoms with E-state index < -0.39 is 5.91 Å². The third-order valence-electron chi connectivity index (χ3n) is 4.20. The summed E-state index contributed by atoms with van der Waals surface area (Å²) < 4.78 is 5.90. The van der Waals surface area contributed by atoms with E-state index in [1.807, 2.05) is 0 Å². The van der Waals surface area contributed by atoms with Gasteiger partial charge < -0.3 is 15.4 Å². The molecule has 3 rings (SSSR count). The summed E-state index contributed by atoms with van der Waals surface area (Å²) >= 11 is 0. The van der Waals surface area contributed by atoms with Crippen LogP contribution >= 0.6 is 0 Å². The van der Waals surface area contributed by atoms with Crippen molar-refractivity contribution in [1.82, 2.24) is 9.88 Å². The van der Waals surface area contributed by atoms with Crippen molar-refractivity contribution in [2.24, 2.45) is 11.7 Å². The Bertz CT molecular complexity index is 554. The highest BCUT2D eigenvalue weighted by Gasteiger charge is 2.28. The van der Waals surface area contributed by atoms with Crippen LogP contribution in [0.2, 0.25) is 0 Å². The number of carbonyl (C=O) groups is 2. The van der Waals surface area contributed by atoms with Gasteiger partial charge in [0, 0.05) is 25.9 Å². The first-order valence-corrected chi connectivity index (χ1v) is 7.80. The van der Waals surface area contributed by atoms with Crippen molar-refractivity contribution in [1.29, 1.82) is 0 Å². The van der Waals surface area contributed by atoms with Gasteiger partial charge in [0.2, 0.25) is 5.91 Å². The number of ether oxygens (including phenoxy) is 1. The van der Waals surface area contributed by atoms with E-state index in [0.29, 0.717) is 17.8 Å². The van der Waals surface area contributed by atoms with E-state index in [9.17, 15) is 9.59 Å². The fraction of sp³-hybridized carbons (Fsp3) is 0.562. The van der Waals surface area contributed by atoms with Crippen molar-refractivity contribution in [2.75, 3.05) is 19.7 Å². The molecule has 1 aromatic rings. The molecule has 0 bridgehead atoms. The van der Waals surface area contributed by atoms with Gasteiger partial charge in [-0.2, -0.15) is 0 Å². The number of pyridine rings is 1. The molecule has 6 nitrogen and oxygen atoms in total. The average molecular weight is 303 g/mol. The molecule has 1 unspecified atom stereocenters. The second kappa shape index (κ2) is 6.44. The van der Waals surface area contributed by atoms with Gasteiger partial charge in [-0.15, -0.1) is 0 Å². The van der Waals surface area contributed by atoms with Gasteiger partial charge in [0.25, 0.3) is 5.91 Å². The van der Waals surface area contributed by atoms with E-state index in [2.05, 4.69) is 4.98 Å². The van der Waals surface area contributed by atoms with Crippen LogP contribution in [-0.4, -0.2) is 47.5 Å². The van der Waals surface area contributed by atoms with Crippen LogP contribution in [0, 0.1) is 5.92 Å². The minimum atomic E-state index is -0.544. The zero-order valence-corrected chi connectivity index (χ0v) is 12.5. The van der Waals surface area contributed by atoms with E-state index in [0.717, 1.165) is 31.9 Å². The minimum Gasteiger partial charge on any atom is -0.376 e. The van der Waals surface area contributed by atoms with Crippen molar-refractivity contribution in [3.05, 3.63) is 29.6 Å². The molecule has 1 aliphatic carbocycles. The maximum Gasteiger partial charge on any atom is 0.272 e. The van der Waals surface area contributed by atoms with E-state index >= 15 is 0 Å². The Morgan fingerprint density at radius 2 is 2.14 bits per heavy atom. The number of carbonyl (C=O) groups excluding carboxylic acids is 2. The Labute approximate surface area is 129 Å². The third-order valence-corrected chi connectivity index (χ3v) is 4.20. The first-order valence-electron chi connectivity index (χ1n) is 7.80. The first kappa shape index (κ1) is 15.0. The van der Waals surface area contributed by atoms with Gasteiger partial charge in [-0.25, -0.2) is 0 Å². The molecule has 1 aromatic heterocycles. The first-order chi connectivity index (χ1) is 10.6. The minimum absolute atomic E-state index is 0.115. The summed E-state index contributed by atoms with van der Waals surface area (Å²) in [7, 11) is 0. The van der Waals surface area contributed by atoms with E-state index in [-0.39, 0.29) is 12.0 Å². The monoisotopic (exact) mass is 303 g/mol. The summed E-state index contributed by atoms with van der Waals surface area (Å²) in [5, 5.41) is 0. The number of primary amides is 1. The molecular formula is C16H21N3O3. The topological polar surface area (TPSA) is 85.5 Å². The Balaban J connectivity index is 1.59. The predicted molar refractivity (Wildman–Crippen MR) is 80.4 cm³/mol. The summed E-state index contributed by atoms with van der Waals surface area (Å²) in [5.41, 5.74) is 5.82. The Morgan fingerprint density at radius 1 is 1.32 bits per heavy atom. The lowest BCUT2D eigenvalue weighted by Gasteiger charge is -2.32. The fourth-order valence-corrected chi connectivity index (χ4v) is 2.64. The summed E-state index contributed by atoms with van der Waals surface area (Å²) in [4.78, 5) is 29.3. The molecule has 1 aliphatic heterocycles. The molecule has 1 atom stereocenters. The number of hydrogen-bond acceptors (Lipinski definition) is 4. The second-order valence-corrected chi connectivity index (χ2v) is 6.09. The van der Waals surface area contributed by atoms with Gasteiger partial charge in [0.15, 0.2) is 0 Å². The number of rotatable bonds is 5. The van der Waals surface area contributed by atoms with Crippen LogP contribution in [0.4, 0.5) is 0 Å². The second-order valence-electron chi connectivity index (χ2n) is 6.09. The molecule has 22 heavy (non-hydrogen) atoms. The van der Waals surface area contributed by atoms with Crippen LogP contribution in [0.5, 0.6) is 0 Å². The Morgan fingerprint density at radius 3 is 2.77 bits per heavy atom. The van der Waals surface area contributed by atoms with Crippen LogP contribution in [0.25, 0.3) is 0 Å². The normalized spacial score (nSPS) is 21.6. The van der Waals surface area contributed by atoms with Gasteiger partial charge in [0.1, 0.15) is 5.69 Å². The summed E-state index contributed by atoms with van der Waals surface area (Å²) in [5.74, 6) is 0.0721. The SMILES string of the molecule is NC(=O)c1ccc(C(=O)N2CCCC(OCC3CC3)C2)nc1. The summed E-state index contributed by atoms with van der Waals surface area (Å²) in [6.07, 6.45) is 5.96. The van der Waals surface area contributed by atoms with Crippen molar-refractivity contribution in [3.63, 3.8) is 0 Å². The number of nitrogens with two attached hydrogens (primary N) is 1. The lowest BCUT2D eigenvalue weighted by Crippen LogP contribution is -2.43. The molecular weight excluding hydrogens is 282 g/mol. The highest BCUT2D eigenvalue weighted by molar-refractivity contribution is 5.95. The van der Waals surface area contributed by atoms with Crippen LogP contribution in [-0.2, 0) is 4.74 Å². The van der Waals surface area contributed by atoms with Gasteiger partial charge >= 0.3 is 0 Å². The summed E-state index contributed by atoms with van der Waals surface area (Å²) in [6.45, 7) is 2.16. The average Bonchev–Trinajstić information content (AvgIpc) is 3.37. The van der Waals surface area contributed by atoms with Gasteiger partial charge in [0.05, 0.1) is 11.7 Å². The van der Waals surface area contributed by atoms with Crippen molar-refractivity contribution >= 4 is 11.8 Å². The lowest BCUT2D eigenvalue weighted by molar-refractivity contribution is -0.00259. The number of nitrogens with zero attached hydrogens (tertiary/aromatic N) is 2. The quantitative estimate of drug-likeness (QED) is 0.886. The summed E-state index contributed by atoms with van der Waals surface area (Å²) in [6, 6.07) is 3.09. The molecule has 2 aliphatic rings. The maximum atomic E-state index is 12.5. The van der Waals surface area contributed by atoms with Gasteiger partial charge in [-0.1, -0.05) is 0 Å². The zero-order chi connectivity index (χ0) is 15.5. The van der Waals surface area contributed by atoms with Crippen molar-refractivity contribution in [2.45, 2.75) is 31.8 Å². The molecule has 0 spiro atoms. The highest BCUT2D eigenvalue weighted by Crippen LogP contribution is 2.30. The van der Waals surface area contributed by atoms with E-state index in [1.54, 1.807) is 11.0 Å². The van der Waals surface area contributed by atoms with E-state index in [4.69, 9.17) is 10.5 Å². The molecule has 2 amide bonds. The smallest absolute Gasteiger partial charge is 0.272 e. The van der Waals surface area contributed by atoms with Crippen LogP contribution in [0.1, 0.15) is 46.5 Å². The largest absolute Gasteiger partial charge is 0.376 e. The van der Waals surface area contributed by atoms with Crippen LogP contribution < -0.4 is 5.73 Å². The maximum absolute atomic E-state index is 12.5. The molecule has 0 aromatic carbocycles. The van der Waals surface area contributed by atoms with Crippen LogP contribution in [0.3, 0.4) is 0 Å². The lowest BCUT2D eigenvalue weighted by atomic mass is 10.1. The molecule has 118 valence electrons. The molecule has 2 fully saturated rings. The zero-order valence-electron chi connectivity index (χ0n) is 12.5. The fourth-order valence-electron chi connectivity index (χ4n) is 2.64. The molecule has 2 heterocycles. The van der Waals surface area contributed by atoms with Gasteiger partial charge in [-0.05, 0) is 43.7 Å². The molecule has 1 saturated heterocycles. The molecule has 2 N–H and O–H groups in total. The number of piperidine rings is 1. The van der Waals surface area contributed by atoms with Gasteiger partial charge in [-0.3, -0.25) is 14.6 Å². The van der Waals surface area contributed by atoms with Crippen molar-refractivity contribution in [3.8, 4) is 0 Å². The van der Waals surface area contributed by atoms with E-state index in [1.165, 1.54) is 25.1 Å². The number of aromatic nitrogens is 1. The molecule has 1 saturated carbocycles. The molecule has 0 radical (unpaired) electrons. The highest BCUT2D eigenvalue weighted by atomic mass is 16.5. The number of likely N-dealkylation sites (tertiary alicyclic amines) is 1.